The van der Waals surface area contributed by atoms with Gasteiger partial charge in [-0.25, -0.2) is 4.98 Å². The summed E-state index contributed by atoms with van der Waals surface area (Å²) in [5.41, 5.74) is 1.54. The minimum atomic E-state index is -0.654. The van der Waals surface area contributed by atoms with Crippen LogP contribution in [0.3, 0.4) is 0 Å². The van der Waals surface area contributed by atoms with E-state index in [2.05, 4.69) is 27.2 Å². The summed E-state index contributed by atoms with van der Waals surface area (Å²) in [4.78, 5) is 18.1. The van der Waals surface area contributed by atoms with Crippen LogP contribution in [0.25, 0.3) is 0 Å². The summed E-state index contributed by atoms with van der Waals surface area (Å²) in [5.74, 6) is 0.682. The van der Waals surface area contributed by atoms with Gasteiger partial charge in [0, 0.05) is 12.3 Å². The summed E-state index contributed by atoms with van der Waals surface area (Å²) in [5, 5.41) is 25.0. The molecule has 0 amide bonds. The van der Waals surface area contributed by atoms with Crippen molar-refractivity contribution in [1.29, 1.82) is 0 Å². The van der Waals surface area contributed by atoms with Crippen molar-refractivity contribution in [2.75, 3.05) is 17.2 Å². The van der Waals surface area contributed by atoms with Crippen LogP contribution >= 0.6 is 0 Å². The molecular formula is C12H14N4O3. The molecule has 0 saturated heterocycles. The van der Waals surface area contributed by atoms with Gasteiger partial charge in [0.15, 0.2) is 5.82 Å². The molecule has 2 heterocycles. The molecule has 1 aromatic heterocycles. The molecule has 1 aliphatic carbocycles. The first-order chi connectivity index (χ1) is 9.11. The smallest absolute Gasteiger partial charge is 0.276 e. The maximum Gasteiger partial charge on any atom is 0.276 e. The maximum atomic E-state index is 11.6. The maximum absolute atomic E-state index is 11.6. The van der Waals surface area contributed by atoms with Crippen molar-refractivity contribution < 1.29 is 10.2 Å². The highest BCUT2D eigenvalue weighted by atomic mass is 16.3. The summed E-state index contributed by atoms with van der Waals surface area (Å²) in [6.07, 6.45) is 1.04. The molecule has 0 radical (unpaired) electrons. The summed E-state index contributed by atoms with van der Waals surface area (Å²) < 4.78 is 0. The standard InChI is InChI=1S/C12H14N4O3/c1-5-6(2-8(18)7(5)3-17)10-15-9-11(16-10)13-4-14-12(9)19/h4,7-8,15,17-18H,1-3H2,(H2,13,14,16,19). The van der Waals surface area contributed by atoms with E-state index in [0.717, 1.165) is 5.57 Å². The number of nitrogens with zero attached hydrogens (tertiary/aromatic N) is 1. The lowest BCUT2D eigenvalue weighted by Gasteiger charge is -2.11. The van der Waals surface area contributed by atoms with E-state index in [1.807, 2.05) is 0 Å². The molecule has 1 fully saturated rings. The van der Waals surface area contributed by atoms with Gasteiger partial charge in [0.1, 0.15) is 11.5 Å². The van der Waals surface area contributed by atoms with Crippen molar-refractivity contribution in [1.82, 2.24) is 9.97 Å². The number of hydrogen-bond acceptors (Lipinski definition) is 6. The number of aromatic amines is 1. The normalized spacial score (nSPS) is 29.1. The summed E-state index contributed by atoms with van der Waals surface area (Å²) >= 11 is 0. The number of fused-ring (bicyclic) bond motifs is 1. The Bertz CT molecular complexity index is 634. The molecule has 1 aromatic rings. The van der Waals surface area contributed by atoms with Gasteiger partial charge in [-0.05, 0) is 11.1 Å². The Morgan fingerprint density at radius 2 is 2.26 bits per heavy atom. The van der Waals surface area contributed by atoms with Crippen molar-refractivity contribution in [2.24, 2.45) is 5.92 Å². The number of aromatic nitrogens is 2. The van der Waals surface area contributed by atoms with Crippen LogP contribution in [0.15, 0.2) is 34.7 Å². The quantitative estimate of drug-likeness (QED) is 0.477. The second-order valence-electron chi connectivity index (χ2n) is 4.64. The first-order valence-corrected chi connectivity index (χ1v) is 5.94. The molecule has 2 aliphatic rings. The largest absolute Gasteiger partial charge is 0.396 e. The predicted molar refractivity (Wildman–Crippen MR) is 69.5 cm³/mol. The molecular weight excluding hydrogens is 248 g/mol. The summed E-state index contributed by atoms with van der Waals surface area (Å²) in [6, 6.07) is 0. The van der Waals surface area contributed by atoms with Gasteiger partial charge >= 0.3 is 0 Å². The van der Waals surface area contributed by atoms with Crippen LogP contribution in [0.4, 0.5) is 11.5 Å². The van der Waals surface area contributed by atoms with Gasteiger partial charge in [0.25, 0.3) is 5.56 Å². The number of hydrogen-bond donors (Lipinski definition) is 5. The van der Waals surface area contributed by atoms with Crippen molar-refractivity contribution in [3.8, 4) is 0 Å². The zero-order valence-corrected chi connectivity index (χ0v) is 10.1. The van der Waals surface area contributed by atoms with Crippen LogP contribution in [0.5, 0.6) is 0 Å². The van der Waals surface area contributed by atoms with E-state index in [9.17, 15) is 15.0 Å². The molecule has 1 aliphatic heterocycles. The molecule has 1 saturated carbocycles. The number of aliphatic hydroxyl groups is 2. The van der Waals surface area contributed by atoms with E-state index in [0.29, 0.717) is 29.3 Å². The lowest BCUT2D eigenvalue weighted by atomic mass is 10.0. The molecule has 5 N–H and O–H groups in total. The lowest BCUT2D eigenvalue weighted by molar-refractivity contribution is 0.104. The fourth-order valence-corrected chi connectivity index (χ4v) is 2.47. The number of nitrogens with one attached hydrogen (secondary N) is 3. The Kier molecular flexibility index (Phi) is 2.65. The van der Waals surface area contributed by atoms with Gasteiger partial charge in [-0.3, -0.25) is 4.79 Å². The molecule has 2 unspecified atom stereocenters. The van der Waals surface area contributed by atoms with Gasteiger partial charge in [-0.15, -0.1) is 0 Å². The van der Waals surface area contributed by atoms with Crippen LogP contribution in [0, 0.1) is 5.92 Å². The van der Waals surface area contributed by atoms with Gasteiger partial charge in [0.05, 0.1) is 19.0 Å². The minimum Gasteiger partial charge on any atom is -0.396 e. The van der Waals surface area contributed by atoms with E-state index >= 15 is 0 Å². The Hall–Kier alpha value is -2.12. The SMILES string of the molecule is C=C1C(=C2Nc3nc[nH]c(=O)c3N2)CC(O)C1CO. The van der Waals surface area contributed by atoms with Crippen LogP contribution in [-0.2, 0) is 0 Å². The van der Waals surface area contributed by atoms with Crippen LogP contribution in [0.2, 0.25) is 0 Å². The van der Waals surface area contributed by atoms with E-state index in [-0.39, 0.29) is 18.1 Å². The Balaban J connectivity index is 1.98. The molecule has 0 spiro atoms. The molecule has 100 valence electrons. The van der Waals surface area contributed by atoms with Crippen molar-refractivity contribution in [3.05, 3.63) is 40.2 Å². The van der Waals surface area contributed by atoms with Crippen molar-refractivity contribution in [3.63, 3.8) is 0 Å². The van der Waals surface area contributed by atoms with Crippen LogP contribution < -0.4 is 16.2 Å². The third-order valence-electron chi connectivity index (χ3n) is 3.56. The highest BCUT2D eigenvalue weighted by molar-refractivity contribution is 5.76. The minimum absolute atomic E-state index is 0.150. The van der Waals surface area contributed by atoms with Crippen LogP contribution in [-0.4, -0.2) is 32.9 Å². The Labute approximate surface area is 108 Å². The van der Waals surface area contributed by atoms with Crippen molar-refractivity contribution >= 4 is 11.5 Å². The second-order valence-corrected chi connectivity index (χ2v) is 4.64. The topological polar surface area (TPSA) is 110 Å². The Morgan fingerprint density at radius 1 is 1.47 bits per heavy atom. The number of rotatable bonds is 1. The van der Waals surface area contributed by atoms with Gasteiger partial charge in [0.2, 0.25) is 0 Å². The van der Waals surface area contributed by atoms with Gasteiger partial charge in [-0.2, -0.15) is 0 Å². The van der Waals surface area contributed by atoms with Crippen molar-refractivity contribution in [2.45, 2.75) is 12.5 Å². The molecule has 19 heavy (non-hydrogen) atoms. The third-order valence-corrected chi connectivity index (χ3v) is 3.56. The average molecular weight is 262 g/mol. The van der Waals surface area contributed by atoms with E-state index in [1.54, 1.807) is 0 Å². The van der Waals surface area contributed by atoms with Crippen LogP contribution in [0.1, 0.15) is 6.42 Å². The summed E-state index contributed by atoms with van der Waals surface area (Å²) in [7, 11) is 0. The monoisotopic (exact) mass is 262 g/mol. The lowest BCUT2D eigenvalue weighted by Crippen LogP contribution is -2.17. The highest BCUT2D eigenvalue weighted by Gasteiger charge is 2.35. The highest BCUT2D eigenvalue weighted by Crippen LogP contribution is 2.39. The first kappa shape index (κ1) is 11.9. The zero-order chi connectivity index (χ0) is 13.6. The molecule has 0 aromatic carbocycles. The van der Waals surface area contributed by atoms with Gasteiger partial charge in [-0.1, -0.05) is 6.58 Å². The molecule has 2 atom stereocenters. The number of H-pyrrole nitrogens is 1. The second kappa shape index (κ2) is 4.22. The third kappa shape index (κ3) is 1.74. The summed E-state index contributed by atoms with van der Waals surface area (Å²) in [6.45, 7) is 3.75. The zero-order valence-electron chi connectivity index (χ0n) is 10.1. The molecule has 7 nitrogen and oxygen atoms in total. The first-order valence-electron chi connectivity index (χ1n) is 5.94. The fraction of sp³-hybridized carbons (Fsp3) is 0.333. The molecule has 7 heteroatoms. The predicted octanol–water partition coefficient (Wildman–Crippen LogP) is -0.252. The molecule has 3 rings (SSSR count). The van der Waals surface area contributed by atoms with Gasteiger partial charge < -0.3 is 25.8 Å². The molecule has 0 bridgehead atoms. The van der Waals surface area contributed by atoms with E-state index in [4.69, 9.17) is 0 Å². The van der Waals surface area contributed by atoms with E-state index in [1.165, 1.54) is 6.33 Å². The number of aliphatic hydroxyl groups excluding tert-OH is 2. The fourth-order valence-electron chi connectivity index (χ4n) is 2.47. The Morgan fingerprint density at radius 3 is 2.89 bits per heavy atom. The average Bonchev–Trinajstić information content (AvgIpc) is 2.92. The van der Waals surface area contributed by atoms with E-state index < -0.39 is 6.10 Å². The number of anilines is 2.